The van der Waals surface area contributed by atoms with Gasteiger partial charge < -0.3 is 0 Å². The number of rotatable bonds is 1. The minimum absolute atomic E-state index is 0.0746. The predicted octanol–water partition coefficient (Wildman–Crippen LogP) is 2.83. The zero-order chi connectivity index (χ0) is 10.1. The van der Waals surface area contributed by atoms with Crippen molar-refractivity contribution >= 4 is 5.78 Å². The zero-order valence-electron chi connectivity index (χ0n) is 8.22. The second-order valence-electron chi connectivity index (χ2n) is 3.86. The van der Waals surface area contributed by atoms with Crippen LogP contribution in [0.15, 0.2) is 18.2 Å². The van der Waals surface area contributed by atoms with Gasteiger partial charge >= 0.3 is 0 Å². The normalized spacial score (nSPS) is 20.3. The van der Waals surface area contributed by atoms with Crippen molar-refractivity contribution in [3.8, 4) is 0 Å². The zero-order valence-corrected chi connectivity index (χ0v) is 8.22. The van der Waals surface area contributed by atoms with E-state index in [4.69, 9.17) is 0 Å². The van der Waals surface area contributed by atoms with Crippen molar-refractivity contribution in [3.63, 3.8) is 0 Å². The van der Waals surface area contributed by atoms with E-state index in [-0.39, 0.29) is 17.5 Å². The molecule has 74 valence electrons. The molecular weight excluding hydrogens is 179 g/mol. The summed E-state index contributed by atoms with van der Waals surface area (Å²) in [7, 11) is 0. The highest BCUT2D eigenvalue weighted by Gasteiger charge is 2.25. The molecule has 2 rings (SSSR count). The molecule has 0 bridgehead atoms. The van der Waals surface area contributed by atoms with Crippen LogP contribution in [-0.2, 0) is 11.2 Å². The highest BCUT2D eigenvalue weighted by molar-refractivity contribution is 5.84. The molecule has 0 radical (unpaired) electrons. The van der Waals surface area contributed by atoms with Gasteiger partial charge in [0.1, 0.15) is 11.6 Å². The number of fused-ring (bicyclic) bond motifs is 1. The van der Waals surface area contributed by atoms with Crippen LogP contribution in [0.25, 0.3) is 0 Å². The molecular formula is C12H13FO. The van der Waals surface area contributed by atoms with Crippen LogP contribution in [0.1, 0.15) is 36.8 Å². The number of ketones is 1. The van der Waals surface area contributed by atoms with Gasteiger partial charge in [-0.3, -0.25) is 4.79 Å². The van der Waals surface area contributed by atoms with Crippen LogP contribution in [0.4, 0.5) is 4.39 Å². The summed E-state index contributed by atoms with van der Waals surface area (Å²) >= 11 is 0. The fourth-order valence-electron chi connectivity index (χ4n) is 2.23. The van der Waals surface area contributed by atoms with Gasteiger partial charge in [-0.15, -0.1) is 0 Å². The molecule has 1 aromatic rings. The van der Waals surface area contributed by atoms with Crippen molar-refractivity contribution < 1.29 is 9.18 Å². The number of carbonyl (C=O) groups is 1. The lowest BCUT2D eigenvalue weighted by Gasteiger charge is -2.23. The van der Waals surface area contributed by atoms with E-state index in [1.807, 2.05) is 6.07 Å². The highest BCUT2D eigenvalue weighted by atomic mass is 19.1. The fourth-order valence-corrected chi connectivity index (χ4v) is 2.23. The maximum absolute atomic E-state index is 13.4. The van der Waals surface area contributed by atoms with Gasteiger partial charge in [0.2, 0.25) is 0 Å². The van der Waals surface area contributed by atoms with E-state index in [9.17, 15) is 9.18 Å². The summed E-state index contributed by atoms with van der Waals surface area (Å²) < 4.78 is 13.4. The van der Waals surface area contributed by atoms with Gasteiger partial charge in [-0.25, -0.2) is 4.39 Å². The smallest absolute Gasteiger partial charge is 0.137 e. The van der Waals surface area contributed by atoms with E-state index >= 15 is 0 Å². The van der Waals surface area contributed by atoms with Gasteiger partial charge in [-0.1, -0.05) is 12.1 Å². The fraction of sp³-hybridized carbons (Fsp3) is 0.417. The molecule has 1 nitrogen and oxygen atoms in total. The molecule has 2 heteroatoms. The standard InChI is InChI=1S/C12H13FO/c1-8(14)9-4-2-6-11-10(9)5-3-7-12(11)13/h3,5,7,9H,2,4,6H2,1H3. The van der Waals surface area contributed by atoms with Crippen molar-refractivity contribution in [2.24, 2.45) is 0 Å². The van der Waals surface area contributed by atoms with Crippen molar-refractivity contribution in [1.29, 1.82) is 0 Å². The molecule has 0 saturated heterocycles. The first-order valence-electron chi connectivity index (χ1n) is 4.98. The molecule has 14 heavy (non-hydrogen) atoms. The maximum Gasteiger partial charge on any atom is 0.137 e. The van der Waals surface area contributed by atoms with Crippen LogP contribution in [0, 0.1) is 5.82 Å². The molecule has 0 saturated carbocycles. The monoisotopic (exact) mass is 192 g/mol. The predicted molar refractivity (Wildman–Crippen MR) is 52.8 cm³/mol. The van der Waals surface area contributed by atoms with Gasteiger partial charge in [0, 0.05) is 5.92 Å². The van der Waals surface area contributed by atoms with Crippen molar-refractivity contribution in [2.45, 2.75) is 32.1 Å². The summed E-state index contributed by atoms with van der Waals surface area (Å²) in [6, 6.07) is 5.04. The molecule has 1 aromatic carbocycles. The molecule has 0 aliphatic heterocycles. The topological polar surface area (TPSA) is 17.1 Å². The number of hydrogen-bond donors (Lipinski definition) is 0. The summed E-state index contributed by atoms with van der Waals surface area (Å²) in [5.74, 6) is -0.0838. The molecule has 0 aromatic heterocycles. The Morgan fingerprint density at radius 1 is 1.50 bits per heavy atom. The minimum atomic E-state index is -0.159. The van der Waals surface area contributed by atoms with Crippen molar-refractivity contribution in [1.82, 2.24) is 0 Å². The number of carbonyl (C=O) groups excluding carboxylic acids is 1. The summed E-state index contributed by atoms with van der Waals surface area (Å²) in [4.78, 5) is 11.4. The molecule has 1 atom stereocenters. The third kappa shape index (κ3) is 1.45. The van der Waals surface area contributed by atoms with Crippen LogP contribution >= 0.6 is 0 Å². The van der Waals surface area contributed by atoms with E-state index < -0.39 is 0 Å². The maximum atomic E-state index is 13.4. The Labute approximate surface area is 82.9 Å². The second-order valence-corrected chi connectivity index (χ2v) is 3.86. The molecule has 0 spiro atoms. The summed E-state index contributed by atoms with van der Waals surface area (Å²) in [6.07, 6.45) is 2.55. The quantitative estimate of drug-likeness (QED) is 0.668. The lowest BCUT2D eigenvalue weighted by molar-refractivity contribution is -0.118. The highest BCUT2D eigenvalue weighted by Crippen LogP contribution is 2.33. The molecule has 1 unspecified atom stereocenters. The first-order chi connectivity index (χ1) is 6.70. The largest absolute Gasteiger partial charge is 0.299 e. The third-order valence-corrected chi connectivity index (χ3v) is 2.94. The molecule has 0 fully saturated rings. The number of benzene rings is 1. The van der Waals surface area contributed by atoms with E-state index in [1.54, 1.807) is 13.0 Å². The molecule has 0 amide bonds. The molecule has 1 aliphatic carbocycles. The molecule has 0 heterocycles. The van der Waals surface area contributed by atoms with Crippen LogP contribution < -0.4 is 0 Å². The number of Topliss-reactive ketones (excluding diaryl/α,β-unsaturated/α-hetero) is 1. The Morgan fingerprint density at radius 2 is 2.29 bits per heavy atom. The van der Waals surface area contributed by atoms with E-state index in [2.05, 4.69) is 0 Å². The third-order valence-electron chi connectivity index (χ3n) is 2.94. The van der Waals surface area contributed by atoms with Crippen LogP contribution in [0.5, 0.6) is 0 Å². The van der Waals surface area contributed by atoms with E-state index in [0.717, 1.165) is 30.4 Å². The Balaban J connectivity index is 2.49. The summed E-state index contributed by atoms with van der Waals surface area (Å²) in [6.45, 7) is 1.59. The van der Waals surface area contributed by atoms with E-state index in [0.29, 0.717) is 0 Å². The van der Waals surface area contributed by atoms with Gasteiger partial charge in [-0.05, 0) is 43.4 Å². The summed E-state index contributed by atoms with van der Waals surface area (Å²) in [5, 5.41) is 0. The Bertz CT molecular complexity index is 371. The lowest BCUT2D eigenvalue weighted by Crippen LogP contribution is -2.17. The SMILES string of the molecule is CC(=O)C1CCCc2c(F)cccc21. The molecule has 0 N–H and O–H groups in total. The Morgan fingerprint density at radius 3 is 3.00 bits per heavy atom. The van der Waals surface area contributed by atoms with Crippen LogP contribution in [-0.4, -0.2) is 5.78 Å². The van der Waals surface area contributed by atoms with Crippen LogP contribution in [0.3, 0.4) is 0 Å². The first-order valence-corrected chi connectivity index (χ1v) is 4.98. The Hall–Kier alpha value is -1.18. The lowest BCUT2D eigenvalue weighted by atomic mass is 9.81. The van der Waals surface area contributed by atoms with E-state index in [1.165, 1.54) is 6.07 Å². The number of halogens is 1. The average molecular weight is 192 g/mol. The second kappa shape index (κ2) is 3.52. The van der Waals surface area contributed by atoms with Gasteiger partial charge in [0.05, 0.1) is 0 Å². The summed E-state index contributed by atoms with van der Waals surface area (Å²) in [5.41, 5.74) is 1.66. The van der Waals surface area contributed by atoms with Gasteiger partial charge in [0.15, 0.2) is 0 Å². The van der Waals surface area contributed by atoms with Crippen molar-refractivity contribution in [2.75, 3.05) is 0 Å². The molecule has 1 aliphatic rings. The van der Waals surface area contributed by atoms with Crippen LogP contribution in [0.2, 0.25) is 0 Å². The van der Waals surface area contributed by atoms with Gasteiger partial charge in [0.25, 0.3) is 0 Å². The Kier molecular flexibility index (Phi) is 2.36. The average Bonchev–Trinajstić information content (AvgIpc) is 2.17. The van der Waals surface area contributed by atoms with Gasteiger partial charge in [-0.2, -0.15) is 0 Å². The first kappa shape index (κ1) is 9.38. The number of hydrogen-bond acceptors (Lipinski definition) is 1. The minimum Gasteiger partial charge on any atom is -0.299 e. The van der Waals surface area contributed by atoms with Crippen molar-refractivity contribution in [3.05, 3.63) is 35.1 Å².